The SMILES string of the molecule is CC1CCN(c2cc(NC(=O)c3ccccc3Br)c(Cl)cc2[N+](=O)[O-])CC1. The van der Waals surface area contributed by atoms with Crippen LogP contribution in [0.1, 0.15) is 30.1 Å². The van der Waals surface area contributed by atoms with E-state index in [1.54, 1.807) is 24.3 Å². The fourth-order valence-corrected chi connectivity index (χ4v) is 3.80. The van der Waals surface area contributed by atoms with Gasteiger partial charge >= 0.3 is 0 Å². The Morgan fingerprint density at radius 2 is 1.96 bits per heavy atom. The first-order chi connectivity index (χ1) is 12.9. The number of nitrogens with zero attached hydrogens (tertiary/aromatic N) is 2. The molecule has 2 aromatic carbocycles. The molecule has 2 aromatic rings. The van der Waals surface area contributed by atoms with Crippen LogP contribution in [0, 0.1) is 16.0 Å². The normalized spacial score (nSPS) is 14.9. The molecule has 27 heavy (non-hydrogen) atoms. The van der Waals surface area contributed by atoms with Crippen LogP contribution in [-0.4, -0.2) is 23.9 Å². The van der Waals surface area contributed by atoms with E-state index in [1.807, 2.05) is 11.0 Å². The third-order valence-electron chi connectivity index (χ3n) is 4.75. The Bertz CT molecular complexity index is 882. The fourth-order valence-electron chi connectivity index (χ4n) is 3.13. The van der Waals surface area contributed by atoms with Gasteiger partial charge in [-0.15, -0.1) is 0 Å². The Labute approximate surface area is 170 Å². The van der Waals surface area contributed by atoms with Crippen LogP contribution >= 0.6 is 27.5 Å². The third kappa shape index (κ3) is 4.42. The van der Waals surface area contributed by atoms with Gasteiger partial charge in [0.1, 0.15) is 5.69 Å². The maximum absolute atomic E-state index is 12.6. The molecule has 1 N–H and O–H groups in total. The molecule has 0 saturated carbocycles. The van der Waals surface area contributed by atoms with Crippen molar-refractivity contribution in [2.45, 2.75) is 19.8 Å². The zero-order chi connectivity index (χ0) is 19.6. The number of benzene rings is 2. The maximum atomic E-state index is 12.6. The summed E-state index contributed by atoms with van der Waals surface area (Å²) in [7, 11) is 0. The van der Waals surface area contributed by atoms with Crippen molar-refractivity contribution in [2.75, 3.05) is 23.3 Å². The second-order valence-electron chi connectivity index (χ2n) is 6.68. The summed E-state index contributed by atoms with van der Waals surface area (Å²) in [5, 5.41) is 14.4. The monoisotopic (exact) mass is 451 g/mol. The summed E-state index contributed by atoms with van der Waals surface area (Å²) < 4.78 is 0.658. The molecule has 0 radical (unpaired) electrons. The number of halogens is 2. The number of rotatable bonds is 4. The van der Waals surface area contributed by atoms with Crippen molar-refractivity contribution in [3.05, 3.63) is 61.6 Å². The lowest BCUT2D eigenvalue weighted by molar-refractivity contribution is -0.384. The van der Waals surface area contributed by atoms with E-state index in [4.69, 9.17) is 11.6 Å². The lowest BCUT2D eigenvalue weighted by Crippen LogP contribution is -2.33. The molecule has 142 valence electrons. The van der Waals surface area contributed by atoms with E-state index >= 15 is 0 Å². The minimum Gasteiger partial charge on any atom is -0.366 e. The van der Waals surface area contributed by atoms with Crippen LogP contribution in [0.2, 0.25) is 5.02 Å². The van der Waals surface area contributed by atoms with Gasteiger partial charge in [-0.2, -0.15) is 0 Å². The minimum absolute atomic E-state index is 0.0477. The Hall–Kier alpha value is -2.12. The zero-order valence-electron chi connectivity index (χ0n) is 14.7. The molecule has 8 heteroatoms. The van der Waals surface area contributed by atoms with Gasteiger partial charge in [0.15, 0.2) is 0 Å². The maximum Gasteiger partial charge on any atom is 0.294 e. The second-order valence-corrected chi connectivity index (χ2v) is 7.94. The summed E-state index contributed by atoms with van der Waals surface area (Å²) in [5.41, 5.74) is 1.25. The van der Waals surface area contributed by atoms with Gasteiger partial charge < -0.3 is 10.2 Å². The van der Waals surface area contributed by atoms with E-state index in [1.165, 1.54) is 6.07 Å². The molecule has 1 aliphatic heterocycles. The van der Waals surface area contributed by atoms with E-state index in [9.17, 15) is 14.9 Å². The summed E-state index contributed by atoms with van der Waals surface area (Å²) in [6.07, 6.45) is 1.94. The molecule has 1 fully saturated rings. The summed E-state index contributed by atoms with van der Waals surface area (Å²) in [4.78, 5) is 25.7. The number of hydrogen-bond acceptors (Lipinski definition) is 4. The van der Waals surface area contributed by atoms with Gasteiger partial charge in [-0.25, -0.2) is 0 Å². The van der Waals surface area contributed by atoms with Crippen molar-refractivity contribution in [3.63, 3.8) is 0 Å². The van der Waals surface area contributed by atoms with Gasteiger partial charge in [0, 0.05) is 23.6 Å². The van der Waals surface area contributed by atoms with Crippen molar-refractivity contribution in [1.82, 2.24) is 0 Å². The molecule has 0 spiro atoms. The summed E-state index contributed by atoms with van der Waals surface area (Å²) in [5.74, 6) is 0.263. The number of nitrogens with one attached hydrogen (secondary N) is 1. The molecule has 0 unspecified atom stereocenters. The van der Waals surface area contributed by atoms with Crippen molar-refractivity contribution < 1.29 is 9.72 Å². The van der Waals surface area contributed by atoms with Gasteiger partial charge in [-0.1, -0.05) is 30.7 Å². The quantitative estimate of drug-likeness (QED) is 0.491. The number of carbonyl (C=O) groups is 1. The second kappa shape index (κ2) is 8.27. The van der Waals surface area contributed by atoms with Crippen LogP contribution in [0.25, 0.3) is 0 Å². The standard InChI is InChI=1S/C19H19BrClN3O3/c1-12-6-8-23(9-7-12)17-11-16(15(21)10-18(17)24(26)27)22-19(25)13-4-2-3-5-14(13)20/h2-5,10-12H,6-9H2,1H3,(H,22,25). The van der Waals surface area contributed by atoms with Crippen LogP contribution in [-0.2, 0) is 0 Å². The lowest BCUT2D eigenvalue weighted by atomic mass is 9.98. The highest BCUT2D eigenvalue weighted by molar-refractivity contribution is 9.10. The topological polar surface area (TPSA) is 75.5 Å². The number of hydrogen-bond donors (Lipinski definition) is 1. The molecule has 1 aliphatic rings. The van der Waals surface area contributed by atoms with Crippen molar-refractivity contribution in [1.29, 1.82) is 0 Å². The Balaban J connectivity index is 1.94. The van der Waals surface area contributed by atoms with Gasteiger partial charge in [-0.3, -0.25) is 14.9 Å². The molecular formula is C19H19BrClN3O3. The van der Waals surface area contributed by atoms with E-state index in [0.29, 0.717) is 27.3 Å². The molecule has 0 atom stereocenters. The zero-order valence-corrected chi connectivity index (χ0v) is 17.1. The highest BCUT2D eigenvalue weighted by Gasteiger charge is 2.26. The Kier molecular flexibility index (Phi) is 6.01. The number of piperidine rings is 1. The molecule has 3 rings (SSSR count). The average molecular weight is 453 g/mol. The van der Waals surface area contributed by atoms with Crippen LogP contribution in [0.15, 0.2) is 40.9 Å². The van der Waals surface area contributed by atoms with Crippen molar-refractivity contribution >= 4 is 50.5 Å². The van der Waals surface area contributed by atoms with Gasteiger partial charge in [-0.05, 0) is 52.9 Å². The van der Waals surface area contributed by atoms with Gasteiger partial charge in [0.25, 0.3) is 11.6 Å². The van der Waals surface area contributed by atoms with Crippen LogP contribution < -0.4 is 10.2 Å². The van der Waals surface area contributed by atoms with Crippen LogP contribution in [0.3, 0.4) is 0 Å². The third-order valence-corrected chi connectivity index (χ3v) is 5.76. The molecule has 1 amide bonds. The molecule has 6 nitrogen and oxygen atoms in total. The fraction of sp³-hybridized carbons (Fsp3) is 0.316. The number of amides is 1. The molecule has 0 bridgehead atoms. The highest BCUT2D eigenvalue weighted by Crippen LogP contribution is 2.38. The Morgan fingerprint density at radius 1 is 1.30 bits per heavy atom. The minimum atomic E-state index is -0.432. The lowest BCUT2D eigenvalue weighted by Gasteiger charge is -2.32. The molecule has 1 saturated heterocycles. The van der Waals surface area contributed by atoms with E-state index in [2.05, 4.69) is 28.2 Å². The molecule has 1 heterocycles. The van der Waals surface area contributed by atoms with Crippen LogP contribution in [0.4, 0.5) is 17.1 Å². The number of carbonyl (C=O) groups excluding carboxylic acids is 1. The van der Waals surface area contributed by atoms with E-state index in [-0.39, 0.29) is 16.6 Å². The van der Waals surface area contributed by atoms with Crippen molar-refractivity contribution in [3.8, 4) is 0 Å². The average Bonchev–Trinajstić information content (AvgIpc) is 2.64. The first-order valence-electron chi connectivity index (χ1n) is 8.65. The number of anilines is 2. The Morgan fingerprint density at radius 3 is 2.59 bits per heavy atom. The largest absolute Gasteiger partial charge is 0.366 e. The summed E-state index contributed by atoms with van der Waals surface area (Å²) in [6.45, 7) is 3.65. The van der Waals surface area contributed by atoms with E-state index in [0.717, 1.165) is 25.9 Å². The number of nitro benzene ring substituents is 1. The predicted octanol–water partition coefficient (Wildman–Crippen LogP) is 5.50. The number of nitro groups is 1. The van der Waals surface area contributed by atoms with Gasteiger partial charge in [0.2, 0.25) is 0 Å². The first-order valence-corrected chi connectivity index (χ1v) is 9.82. The van der Waals surface area contributed by atoms with Gasteiger partial charge in [0.05, 0.1) is 21.2 Å². The highest BCUT2D eigenvalue weighted by atomic mass is 79.9. The molecular weight excluding hydrogens is 434 g/mol. The van der Waals surface area contributed by atoms with E-state index < -0.39 is 4.92 Å². The predicted molar refractivity (Wildman–Crippen MR) is 111 cm³/mol. The van der Waals surface area contributed by atoms with Crippen LogP contribution in [0.5, 0.6) is 0 Å². The molecule has 0 aliphatic carbocycles. The van der Waals surface area contributed by atoms with Crippen molar-refractivity contribution in [2.24, 2.45) is 5.92 Å². The smallest absolute Gasteiger partial charge is 0.294 e. The first kappa shape index (κ1) is 19.6. The molecule has 0 aromatic heterocycles. The summed E-state index contributed by atoms with van der Waals surface area (Å²) >= 11 is 9.58. The summed E-state index contributed by atoms with van der Waals surface area (Å²) in [6, 6.07) is 9.95.